The number of rotatable bonds is 12. The van der Waals surface area contributed by atoms with Gasteiger partial charge in [0.15, 0.2) is 0 Å². The van der Waals surface area contributed by atoms with E-state index in [9.17, 15) is 0 Å². The maximum atomic E-state index is 6.67. The Labute approximate surface area is 436 Å². The predicted octanol–water partition coefficient (Wildman–Crippen LogP) is 20.8. The van der Waals surface area contributed by atoms with Crippen molar-refractivity contribution in [3.05, 3.63) is 279 Å². The summed E-state index contributed by atoms with van der Waals surface area (Å²) in [5.74, 6) is 0.766. The first-order valence-corrected chi connectivity index (χ1v) is 25.5. The summed E-state index contributed by atoms with van der Waals surface area (Å²) in [5, 5.41) is 5.24. The summed E-state index contributed by atoms with van der Waals surface area (Å²) in [4.78, 5) is 4.91. The molecule has 0 unspecified atom stereocenters. The molecule has 0 spiro atoms. The molecule has 0 fully saturated rings. The molecule has 4 heteroatoms. The summed E-state index contributed by atoms with van der Waals surface area (Å²) >= 11 is 0. The van der Waals surface area contributed by atoms with Crippen LogP contribution in [0.1, 0.15) is 18.2 Å². The number of para-hydroxylation sites is 3. The van der Waals surface area contributed by atoms with E-state index in [-0.39, 0.29) is 0 Å². The second-order valence-corrected chi connectivity index (χ2v) is 18.7. The lowest BCUT2D eigenvalue weighted by Gasteiger charge is -2.32. The van der Waals surface area contributed by atoms with Gasteiger partial charge in [-0.2, -0.15) is 0 Å². The van der Waals surface area contributed by atoms with E-state index in [0.29, 0.717) is 0 Å². The van der Waals surface area contributed by atoms with E-state index in [2.05, 4.69) is 265 Å². The van der Waals surface area contributed by atoms with Crippen molar-refractivity contribution >= 4 is 90.0 Å². The maximum absolute atomic E-state index is 6.67. The molecule has 75 heavy (non-hydrogen) atoms. The number of hydrogen-bond donors (Lipinski definition) is 0. The third kappa shape index (κ3) is 7.97. The molecule has 0 aliphatic rings. The van der Waals surface area contributed by atoms with E-state index < -0.39 is 0 Å². The zero-order valence-electron chi connectivity index (χ0n) is 41.4. The van der Waals surface area contributed by atoms with Crippen molar-refractivity contribution in [3.8, 4) is 44.5 Å². The summed E-state index contributed by atoms with van der Waals surface area (Å²) < 4.78 is 13.3. The average molecular weight is 963 g/mol. The van der Waals surface area contributed by atoms with Gasteiger partial charge in [-0.05, 0) is 113 Å². The Hall–Kier alpha value is -9.90. The molecule has 0 N–H and O–H groups in total. The molecule has 0 radical (unpaired) electrons. The Morgan fingerprint density at radius 3 is 1.25 bits per heavy atom. The fourth-order valence-corrected chi connectivity index (χ4v) is 11.0. The minimum absolute atomic E-state index is 0.766. The average Bonchev–Trinajstić information content (AvgIpc) is 4.08. The smallest absolute Gasteiger partial charge is 0.137 e. The van der Waals surface area contributed by atoms with Crippen LogP contribution in [0.5, 0.6) is 0 Å². The molecule has 0 aliphatic heterocycles. The molecule has 13 rings (SSSR count). The van der Waals surface area contributed by atoms with Gasteiger partial charge < -0.3 is 18.6 Å². The molecule has 0 aliphatic carbocycles. The van der Waals surface area contributed by atoms with Crippen molar-refractivity contribution < 1.29 is 8.83 Å². The summed E-state index contributed by atoms with van der Waals surface area (Å²) in [5.41, 5.74) is 18.3. The molecule has 0 saturated carbocycles. The third-order valence-corrected chi connectivity index (χ3v) is 14.3. The predicted molar refractivity (Wildman–Crippen MR) is 317 cm³/mol. The fourth-order valence-electron chi connectivity index (χ4n) is 11.0. The Morgan fingerprint density at radius 2 is 0.747 bits per heavy atom. The highest BCUT2D eigenvalue weighted by Crippen LogP contribution is 2.53. The highest BCUT2D eigenvalue weighted by Gasteiger charge is 2.28. The van der Waals surface area contributed by atoms with E-state index in [4.69, 9.17) is 8.83 Å². The quantitative estimate of drug-likeness (QED) is 0.122. The molecule has 2 aromatic heterocycles. The highest BCUT2D eigenvalue weighted by atomic mass is 16.3. The summed E-state index contributed by atoms with van der Waals surface area (Å²) in [6.07, 6.45) is 5.96. The van der Waals surface area contributed by atoms with Crippen LogP contribution in [0.25, 0.3) is 100 Å². The minimum Gasteiger partial charge on any atom is -0.456 e. The van der Waals surface area contributed by atoms with Crippen molar-refractivity contribution in [1.29, 1.82) is 0 Å². The largest absolute Gasteiger partial charge is 0.456 e. The lowest BCUT2D eigenvalue weighted by Crippen LogP contribution is -2.14. The number of benzene rings is 11. The number of hydrogen-bond acceptors (Lipinski definition) is 4. The zero-order chi connectivity index (χ0) is 50.2. The Kier molecular flexibility index (Phi) is 11.6. The monoisotopic (exact) mass is 962 g/mol. The van der Waals surface area contributed by atoms with Crippen molar-refractivity contribution in [2.75, 3.05) is 9.80 Å². The van der Waals surface area contributed by atoms with E-state index in [1.165, 1.54) is 0 Å². The lowest BCUT2D eigenvalue weighted by molar-refractivity contribution is 0.603. The molecular formula is C71H50N2O2. The van der Waals surface area contributed by atoms with Crippen molar-refractivity contribution in [1.82, 2.24) is 0 Å². The molecule has 13 aromatic rings. The van der Waals surface area contributed by atoms with Crippen LogP contribution in [0.3, 0.4) is 0 Å². The van der Waals surface area contributed by atoms with Crippen LogP contribution >= 0.6 is 0 Å². The number of furan rings is 2. The number of anilines is 6. The number of allylic oxidation sites excluding steroid dienone is 1. The first-order valence-electron chi connectivity index (χ1n) is 25.5. The van der Waals surface area contributed by atoms with Gasteiger partial charge >= 0.3 is 0 Å². The second kappa shape index (κ2) is 19.3. The van der Waals surface area contributed by atoms with E-state index in [1.807, 2.05) is 31.2 Å². The van der Waals surface area contributed by atoms with Gasteiger partial charge in [-0.25, -0.2) is 0 Å². The van der Waals surface area contributed by atoms with Crippen LogP contribution in [0.2, 0.25) is 0 Å². The van der Waals surface area contributed by atoms with E-state index >= 15 is 0 Å². The fraction of sp³-hybridized carbons (Fsp3) is 0.0141. The molecule has 4 nitrogen and oxygen atoms in total. The van der Waals surface area contributed by atoms with Gasteiger partial charge in [-0.3, -0.25) is 0 Å². The summed E-state index contributed by atoms with van der Waals surface area (Å²) in [6.45, 7) is 6.37. The van der Waals surface area contributed by atoms with Crippen LogP contribution in [0.4, 0.5) is 34.1 Å². The third-order valence-electron chi connectivity index (χ3n) is 14.3. The zero-order valence-corrected chi connectivity index (χ0v) is 41.4. The number of nitrogens with zero attached hydrogens (tertiary/aromatic N) is 2. The van der Waals surface area contributed by atoms with Crippen LogP contribution in [-0.2, 0) is 0 Å². The molecule has 11 aromatic carbocycles. The SMILES string of the molecule is C=Cc1c(/C=C\C)oc2cccc(N(c3ccccc3-c3ccccc3)c3cc4cc(N(c5ccccc5-c5ccccc5)c5cccc6oc7ccccc7c56)c(-c5ccccc5)cc4cc3-c3ccccc3)c12. The lowest BCUT2D eigenvalue weighted by atomic mass is 9.92. The molecule has 0 amide bonds. The molecular weight excluding hydrogens is 913 g/mol. The van der Waals surface area contributed by atoms with Gasteiger partial charge in [0.05, 0.1) is 44.9 Å². The summed E-state index contributed by atoms with van der Waals surface area (Å²) in [6, 6.07) is 91.2. The van der Waals surface area contributed by atoms with Gasteiger partial charge in [0.1, 0.15) is 22.5 Å². The topological polar surface area (TPSA) is 32.8 Å². The molecule has 2 heterocycles. The first kappa shape index (κ1) is 45.0. The van der Waals surface area contributed by atoms with Crippen molar-refractivity contribution in [2.24, 2.45) is 0 Å². The van der Waals surface area contributed by atoms with Crippen LogP contribution < -0.4 is 9.80 Å². The van der Waals surface area contributed by atoms with Crippen LogP contribution in [-0.4, -0.2) is 0 Å². The standard InChI is InChI=1S/C71H50N2O2/c1-3-25-66-54(4-2)70-62(39-23-42-68(70)74-66)72(60-37-20-17-34-55(60)48-26-9-5-10-27-48)64-46-53-47-65(59(51-32-15-8-16-33-51)45-52(53)44-58(64)50-30-13-7-14-31-50)73(61-38-21-18-35-56(61)49-28-11-6-12-29-49)63-40-24-43-69-71(63)57-36-19-22-41-67(57)75-69/h3-47H,2H2,1H3/b25-3-. The van der Waals surface area contributed by atoms with E-state index in [1.54, 1.807) is 0 Å². The molecule has 0 bridgehead atoms. The van der Waals surface area contributed by atoms with Gasteiger partial charge in [0.2, 0.25) is 0 Å². The minimum atomic E-state index is 0.766. The Balaban J connectivity index is 1.17. The van der Waals surface area contributed by atoms with E-state index in [0.717, 1.165) is 134 Å². The van der Waals surface area contributed by atoms with Gasteiger partial charge in [0, 0.05) is 33.2 Å². The van der Waals surface area contributed by atoms with Crippen LogP contribution in [0.15, 0.2) is 276 Å². The molecule has 356 valence electrons. The Morgan fingerprint density at radius 1 is 0.347 bits per heavy atom. The Bertz CT molecular complexity index is 4270. The van der Waals surface area contributed by atoms with Gasteiger partial charge in [0.25, 0.3) is 0 Å². The van der Waals surface area contributed by atoms with Crippen molar-refractivity contribution in [2.45, 2.75) is 6.92 Å². The molecule has 0 saturated heterocycles. The summed E-state index contributed by atoms with van der Waals surface area (Å²) in [7, 11) is 0. The first-order chi connectivity index (χ1) is 37.1. The van der Waals surface area contributed by atoms with Gasteiger partial charge in [-0.15, -0.1) is 0 Å². The number of fused-ring (bicyclic) bond motifs is 5. The normalized spacial score (nSPS) is 11.5. The maximum Gasteiger partial charge on any atom is 0.137 e. The second-order valence-electron chi connectivity index (χ2n) is 18.7. The van der Waals surface area contributed by atoms with Crippen molar-refractivity contribution in [3.63, 3.8) is 0 Å². The van der Waals surface area contributed by atoms with Crippen LogP contribution in [0, 0.1) is 0 Å². The highest BCUT2D eigenvalue weighted by molar-refractivity contribution is 6.16. The molecule has 0 atom stereocenters. The van der Waals surface area contributed by atoms with Gasteiger partial charge in [-0.1, -0.05) is 207 Å².